The van der Waals surface area contributed by atoms with E-state index in [0.717, 1.165) is 19.5 Å². The molecule has 0 spiro atoms. The number of nitrogens with zero attached hydrogens (tertiary/aromatic N) is 1. The maximum absolute atomic E-state index is 11.0. The molecule has 7 heteroatoms. The van der Waals surface area contributed by atoms with Crippen molar-refractivity contribution < 1.29 is 9.90 Å². The monoisotopic (exact) mass is 418 g/mol. The van der Waals surface area contributed by atoms with Crippen LogP contribution in [-0.2, 0) is 11.3 Å². The Labute approximate surface area is 137 Å². The van der Waals surface area contributed by atoms with E-state index in [2.05, 4.69) is 42.2 Å². The lowest BCUT2D eigenvalue weighted by atomic mass is 10.1. The molecule has 0 saturated carbocycles. The maximum Gasteiger partial charge on any atom is 0.305 e. The highest BCUT2D eigenvalue weighted by Crippen LogP contribution is 2.24. The van der Waals surface area contributed by atoms with Crippen LogP contribution in [0.15, 0.2) is 38.7 Å². The predicted molar refractivity (Wildman–Crippen MR) is 85.8 cm³/mol. The van der Waals surface area contributed by atoms with Gasteiger partial charge in [-0.05, 0) is 49.4 Å². The molecule has 0 aliphatic heterocycles. The zero-order chi connectivity index (χ0) is 14.5. The van der Waals surface area contributed by atoms with Crippen molar-refractivity contribution in [2.24, 2.45) is 0 Å². The average molecular weight is 420 g/mol. The number of carboxylic acids is 1. The highest BCUT2D eigenvalue weighted by molar-refractivity contribution is 9.11. The Morgan fingerprint density at radius 1 is 1.50 bits per heavy atom. The van der Waals surface area contributed by atoms with Crippen LogP contribution < -0.4 is 5.32 Å². The van der Waals surface area contributed by atoms with Crippen LogP contribution in [0, 0.1) is 0 Å². The van der Waals surface area contributed by atoms with Crippen LogP contribution in [-0.4, -0.2) is 16.1 Å². The van der Waals surface area contributed by atoms with E-state index < -0.39 is 5.97 Å². The van der Waals surface area contributed by atoms with E-state index in [4.69, 9.17) is 5.11 Å². The Kier molecular flexibility index (Phi) is 5.71. The Morgan fingerprint density at radius 2 is 2.30 bits per heavy atom. The number of rotatable bonds is 6. The summed E-state index contributed by atoms with van der Waals surface area (Å²) in [7, 11) is 0. The predicted octanol–water partition coefficient (Wildman–Crippen LogP) is 3.97. The lowest BCUT2D eigenvalue weighted by Crippen LogP contribution is -2.23. The highest BCUT2D eigenvalue weighted by Gasteiger charge is 2.16. The number of aromatic nitrogens is 1. The third-order valence-electron chi connectivity index (χ3n) is 2.67. The van der Waals surface area contributed by atoms with Crippen molar-refractivity contribution in [3.05, 3.63) is 49.3 Å². The number of hydrogen-bond acceptors (Lipinski definition) is 4. The van der Waals surface area contributed by atoms with E-state index in [1.807, 2.05) is 23.6 Å². The Hall–Kier alpha value is -0.760. The second kappa shape index (κ2) is 7.31. The normalized spacial score (nSPS) is 12.3. The zero-order valence-electron chi connectivity index (χ0n) is 10.3. The van der Waals surface area contributed by atoms with Gasteiger partial charge in [-0.3, -0.25) is 9.78 Å². The van der Waals surface area contributed by atoms with Crippen LogP contribution in [0.1, 0.15) is 23.0 Å². The standard InChI is InChI=1S/C13H12Br2N2O2S/c14-8-4-9(15)11(16-6-8)7-17-10(5-13(18)19)12-2-1-3-20-12/h1-4,6,10,17H,5,7H2,(H,18,19). The van der Waals surface area contributed by atoms with Crippen LogP contribution in [0.4, 0.5) is 0 Å². The minimum absolute atomic E-state index is 0.0503. The van der Waals surface area contributed by atoms with Crippen LogP contribution in [0.2, 0.25) is 0 Å². The molecule has 2 N–H and O–H groups in total. The van der Waals surface area contributed by atoms with Gasteiger partial charge in [0.2, 0.25) is 0 Å². The number of nitrogens with one attached hydrogen (secondary N) is 1. The summed E-state index contributed by atoms with van der Waals surface area (Å²) in [5, 5.41) is 14.2. The molecule has 0 fully saturated rings. The number of carbonyl (C=O) groups is 1. The van der Waals surface area contributed by atoms with Gasteiger partial charge in [0.1, 0.15) is 0 Å². The van der Waals surface area contributed by atoms with Crippen molar-refractivity contribution in [1.82, 2.24) is 10.3 Å². The van der Waals surface area contributed by atoms with E-state index in [1.165, 1.54) is 0 Å². The number of thiophene rings is 1. The van der Waals surface area contributed by atoms with Gasteiger partial charge in [-0.1, -0.05) is 6.07 Å². The van der Waals surface area contributed by atoms with Gasteiger partial charge < -0.3 is 10.4 Å². The minimum atomic E-state index is -0.821. The Morgan fingerprint density at radius 3 is 2.90 bits per heavy atom. The summed E-state index contributed by atoms with van der Waals surface area (Å²) in [5.41, 5.74) is 0.847. The van der Waals surface area contributed by atoms with Gasteiger partial charge in [-0.15, -0.1) is 11.3 Å². The summed E-state index contributed by atoms with van der Waals surface area (Å²) in [6, 6.07) is 5.57. The Bertz CT molecular complexity index is 590. The topological polar surface area (TPSA) is 62.2 Å². The largest absolute Gasteiger partial charge is 0.481 e. The van der Waals surface area contributed by atoms with Crippen LogP contribution >= 0.6 is 43.2 Å². The van der Waals surface area contributed by atoms with Gasteiger partial charge in [0.05, 0.1) is 18.2 Å². The molecule has 0 bridgehead atoms. The molecule has 2 aromatic rings. The van der Waals surface area contributed by atoms with E-state index in [0.29, 0.717) is 6.54 Å². The molecule has 106 valence electrons. The van der Waals surface area contributed by atoms with E-state index >= 15 is 0 Å². The third-order valence-corrected chi connectivity index (χ3v) is 4.77. The molecule has 0 saturated heterocycles. The van der Waals surface area contributed by atoms with Gasteiger partial charge in [0.25, 0.3) is 0 Å². The van der Waals surface area contributed by atoms with Crippen molar-refractivity contribution in [2.75, 3.05) is 0 Å². The SMILES string of the molecule is O=C(O)CC(NCc1ncc(Br)cc1Br)c1cccs1. The molecule has 0 aliphatic rings. The first-order valence-electron chi connectivity index (χ1n) is 5.84. The van der Waals surface area contributed by atoms with Gasteiger partial charge in [-0.25, -0.2) is 0 Å². The van der Waals surface area contributed by atoms with Gasteiger partial charge in [-0.2, -0.15) is 0 Å². The number of halogens is 2. The molecule has 0 aliphatic carbocycles. The summed E-state index contributed by atoms with van der Waals surface area (Å²) in [5.74, 6) is -0.821. The molecule has 2 heterocycles. The highest BCUT2D eigenvalue weighted by atomic mass is 79.9. The molecule has 2 aromatic heterocycles. The van der Waals surface area contributed by atoms with Crippen LogP contribution in [0.5, 0.6) is 0 Å². The molecular weight excluding hydrogens is 408 g/mol. The molecule has 0 radical (unpaired) electrons. The number of carboxylic acid groups (broad SMARTS) is 1. The second-order valence-corrected chi connectivity index (χ2v) is 6.88. The molecule has 1 unspecified atom stereocenters. The first-order chi connectivity index (χ1) is 9.56. The molecule has 20 heavy (non-hydrogen) atoms. The molecule has 2 rings (SSSR count). The van der Waals surface area contributed by atoms with Crippen molar-refractivity contribution in [1.29, 1.82) is 0 Å². The summed E-state index contributed by atoms with van der Waals surface area (Å²) >= 11 is 8.35. The summed E-state index contributed by atoms with van der Waals surface area (Å²) in [6.07, 6.45) is 1.77. The van der Waals surface area contributed by atoms with Gasteiger partial charge in [0.15, 0.2) is 0 Å². The molecule has 4 nitrogen and oxygen atoms in total. The molecular formula is C13H12Br2N2O2S. The number of aliphatic carboxylic acids is 1. The lowest BCUT2D eigenvalue weighted by Gasteiger charge is -2.15. The Balaban J connectivity index is 2.07. The first-order valence-corrected chi connectivity index (χ1v) is 8.31. The smallest absolute Gasteiger partial charge is 0.305 e. The fourth-order valence-corrected chi connectivity index (χ4v) is 3.66. The number of hydrogen-bond donors (Lipinski definition) is 2. The molecule has 0 amide bonds. The van der Waals surface area contributed by atoms with Crippen molar-refractivity contribution in [3.8, 4) is 0 Å². The number of pyridine rings is 1. The third kappa shape index (κ3) is 4.37. The first kappa shape index (κ1) is 15.6. The van der Waals surface area contributed by atoms with E-state index in [-0.39, 0.29) is 12.5 Å². The molecule has 0 aromatic carbocycles. The van der Waals surface area contributed by atoms with Crippen molar-refractivity contribution in [3.63, 3.8) is 0 Å². The van der Waals surface area contributed by atoms with Crippen LogP contribution in [0.3, 0.4) is 0 Å². The quantitative estimate of drug-likeness (QED) is 0.743. The van der Waals surface area contributed by atoms with E-state index in [9.17, 15) is 4.79 Å². The van der Waals surface area contributed by atoms with Crippen molar-refractivity contribution in [2.45, 2.75) is 19.0 Å². The fraction of sp³-hybridized carbons (Fsp3) is 0.231. The second-order valence-electron chi connectivity index (χ2n) is 4.13. The van der Waals surface area contributed by atoms with Gasteiger partial charge >= 0.3 is 5.97 Å². The maximum atomic E-state index is 11.0. The lowest BCUT2D eigenvalue weighted by molar-refractivity contribution is -0.137. The summed E-state index contributed by atoms with van der Waals surface area (Å²) in [6.45, 7) is 0.504. The summed E-state index contributed by atoms with van der Waals surface area (Å²) < 4.78 is 1.79. The van der Waals surface area contributed by atoms with Crippen LogP contribution in [0.25, 0.3) is 0 Å². The summed E-state index contributed by atoms with van der Waals surface area (Å²) in [4.78, 5) is 16.3. The average Bonchev–Trinajstić information content (AvgIpc) is 2.89. The zero-order valence-corrected chi connectivity index (χ0v) is 14.3. The molecule has 1 atom stereocenters. The van der Waals surface area contributed by atoms with Crippen molar-refractivity contribution >= 4 is 49.2 Å². The fourth-order valence-electron chi connectivity index (χ4n) is 1.73. The minimum Gasteiger partial charge on any atom is -0.481 e. The van der Waals surface area contributed by atoms with E-state index in [1.54, 1.807) is 17.5 Å². The van der Waals surface area contributed by atoms with Gasteiger partial charge in [0, 0.05) is 26.6 Å².